The van der Waals surface area contributed by atoms with E-state index in [-0.39, 0.29) is 0 Å². The number of H-pyrrole nitrogens is 1. The number of rotatable bonds is 0. The fraction of sp³-hybridized carbons (Fsp3) is 0.500. The number of nitrogens with zero attached hydrogens (tertiary/aromatic N) is 2. The molecular weight excluding hydrogens is 170 g/mol. The molecule has 0 saturated heterocycles. The van der Waals surface area contributed by atoms with E-state index in [1.807, 2.05) is 4.57 Å². The topological polar surface area (TPSA) is 44.5 Å². The molecule has 1 aromatic rings. The van der Waals surface area contributed by atoms with E-state index in [0.29, 0.717) is 10.5 Å². The van der Waals surface area contributed by atoms with Crippen LogP contribution in [0.3, 0.4) is 0 Å². The van der Waals surface area contributed by atoms with Gasteiger partial charge in [-0.05, 0) is 31.5 Å². The summed E-state index contributed by atoms with van der Waals surface area (Å²) in [4.78, 5) is 2.92. The zero-order valence-corrected chi connectivity index (χ0v) is 7.45. The van der Waals surface area contributed by atoms with Crippen LogP contribution in [0.2, 0.25) is 0 Å². The van der Waals surface area contributed by atoms with E-state index >= 15 is 0 Å². The van der Waals surface area contributed by atoms with Crippen LogP contribution in [-0.2, 0) is 13.0 Å². The molecule has 1 aromatic heterocycles. The van der Waals surface area contributed by atoms with Gasteiger partial charge in [0.1, 0.15) is 11.8 Å². The molecule has 1 aliphatic rings. The van der Waals surface area contributed by atoms with Crippen molar-refractivity contribution in [2.45, 2.75) is 25.8 Å². The second-order valence-electron chi connectivity index (χ2n) is 2.97. The second-order valence-corrected chi connectivity index (χ2v) is 3.36. The molecule has 0 aliphatic carbocycles. The second kappa shape index (κ2) is 2.76. The fourth-order valence-electron chi connectivity index (χ4n) is 1.66. The van der Waals surface area contributed by atoms with E-state index in [2.05, 4.69) is 11.1 Å². The van der Waals surface area contributed by atoms with Crippen LogP contribution >= 0.6 is 12.2 Å². The average Bonchev–Trinajstić information content (AvgIpc) is 2.44. The van der Waals surface area contributed by atoms with Gasteiger partial charge < -0.3 is 9.55 Å². The zero-order chi connectivity index (χ0) is 8.55. The Kier molecular flexibility index (Phi) is 1.74. The molecule has 0 spiro atoms. The van der Waals surface area contributed by atoms with Crippen molar-refractivity contribution in [3.8, 4) is 6.07 Å². The summed E-state index contributed by atoms with van der Waals surface area (Å²) in [5, 5.41) is 8.77. The minimum atomic E-state index is 0.653. The van der Waals surface area contributed by atoms with Gasteiger partial charge in [0.05, 0.1) is 5.69 Å². The Balaban J connectivity index is 2.64. The fourth-order valence-corrected chi connectivity index (χ4v) is 1.96. The lowest BCUT2D eigenvalue weighted by molar-refractivity contribution is 0.527. The predicted molar refractivity (Wildman–Crippen MR) is 47.3 cm³/mol. The third-order valence-electron chi connectivity index (χ3n) is 2.25. The van der Waals surface area contributed by atoms with Crippen molar-refractivity contribution < 1.29 is 0 Å². The van der Waals surface area contributed by atoms with E-state index in [1.165, 1.54) is 12.8 Å². The number of nitrogens with one attached hydrogen (secondary N) is 1. The van der Waals surface area contributed by atoms with Gasteiger partial charge in [-0.1, -0.05) is 0 Å². The predicted octanol–water partition coefficient (Wildman–Crippen LogP) is 1.75. The number of nitriles is 1. The van der Waals surface area contributed by atoms with E-state index in [4.69, 9.17) is 17.5 Å². The van der Waals surface area contributed by atoms with Gasteiger partial charge >= 0.3 is 0 Å². The Bertz CT molecular complexity index is 393. The molecule has 4 heteroatoms. The van der Waals surface area contributed by atoms with Crippen LogP contribution in [-0.4, -0.2) is 9.55 Å². The molecule has 0 unspecified atom stereocenters. The highest BCUT2D eigenvalue weighted by atomic mass is 32.1. The van der Waals surface area contributed by atoms with Gasteiger partial charge in [-0.25, -0.2) is 0 Å². The summed E-state index contributed by atoms with van der Waals surface area (Å²) in [5.41, 5.74) is 1.74. The monoisotopic (exact) mass is 179 g/mol. The Labute approximate surface area is 75.6 Å². The molecule has 0 amide bonds. The summed E-state index contributed by atoms with van der Waals surface area (Å²) in [6.07, 6.45) is 3.32. The van der Waals surface area contributed by atoms with E-state index in [0.717, 1.165) is 18.7 Å². The van der Waals surface area contributed by atoms with Crippen LogP contribution in [0.1, 0.15) is 24.2 Å². The van der Waals surface area contributed by atoms with Crippen LogP contribution < -0.4 is 0 Å². The zero-order valence-electron chi connectivity index (χ0n) is 6.63. The minimum Gasteiger partial charge on any atom is -0.322 e. The molecule has 12 heavy (non-hydrogen) atoms. The van der Waals surface area contributed by atoms with Crippen LogP contribution in [0.25, 0.3) is 0 Å². The van der Waals surface area contributed by atoms with Crippen LogP contribution in [0.15, 0.2) is 0 Å². The first-order valence-corrected chi connectivity index (χ1v) is 4.45. The third kappa shape index (κ3) is 0.978. The van der Waals surface area contributed by atoms with Gasteiger partial charge in [0, 0.05) is 6.54 Å². The number of imidazole rings is 1. The highest BCUT2D eigenvalue weighted by molar-refractivity contribution is 7.71. The molecule has 0 bridgehead atoms. The van der Waals surface area contributed by atoms with E-state index < -0.39 is 0 Å². The Morgan fingerprint density at radius 2 is 2.33 bits per heavy atom. The first kappa shape index (κ1) is 7.56. The van der Waals surface area contributed by atoms with Crippen molar-refractivity contribution in [3.63, 3.8) is 0 Å². The van der Waals surface area contributed by atoms with Crippen molar-refractivity contribution in [3.05, 3.63) is 16.2 Å². The summed E-state index contributed by atoms with van der Waals surface area (Å²) >= 11 is 5.08. The molecule has 1 N–H and O–H groups in total. The molecule has 2 rings (SSSR count). The lowest BCUT2D eigenvalue weighted by Gasteiger charge is -2.13. The highest BCUT2D eigenvalue weighted by Gasteiger charge is 2.14. The third-order valence-corrected chi connectivity index (χ3v) is 2.57. The number of aromatic amines is 1. The number of fused-ring (bicyclic) bond motifs is 1. The summed E-state index contributed by atoms with van der Waals surface area (Å²) in [5.74, 6) is 0. The number of hydrogen-bond acceptors (Lipinski definition) is 2. The first-order valence-electron chi connectivity index (χ1n) is 4.04. The molecule has 0 atom stereocenters. The standard InChI is InChI=1S/C8H9N3S/c9-5-6-7-3-1-2-4-11(7)8(12)10-6/h1-4H2,(H,10,12). The van der Waals surface area contributed by atoms with Crippen LogP contribution in [0, 0.1) is 16.1 Å². The molecule has 0 radical (unpaired) electrons. The summed E-state index contributed by atoms with van der Waals surface area (Å²) in [6.45, 7) is 0.965. The maximum atomic E-state index is 8.77. The summed E-state index contributed by atoms with van der Waals surface area (Å²) in [7, 11) is 0. The molecule has 3 nitrogen and oxygen atoms in total. The molecule has 0 aromatic carbocycles. The highest BCUT2D eigenvalue weighted by Crippen LogP contribution is 2.17. The lowest BCUT2D eigenvalue weighted by Crippen LogP contribution is -2.10. The molecule has 2 heterocycles. The molecular formula is C8H9N3S. The smallest absolute Gasteiger partial charge is 0.178 e. The van der Waals surface area contributed by atoms with Gasteiger partial charge in [-0.2, -0.15) is 5.26 Å². The average molecular weight is 179 g/mol. The minimum absolute atomic E-state index is 0.653. The van der Waals surface area contributed by atoms with Crippen molar-refractivity contribution in [2.24, 2.45) is 0 Å². The molecule has 0 saturated carbocycles. The summed E-state index contributed by atoms with van der Waals surface area (Å²) < 4.78 is 2.73. The Hall–Kier alpha value is -1.08. The van der Waals surface area contributed by atoms with Crippen molar-refractivity contribution in [1.82, 2.24) is 9.55 Å². The summed E-state index contributed by atoms with van der Waals surface area (Å²) in [6, 6.07) is 2.13. The number of aromatic nitrogens is 2. The first-order chi connectivity index (χ1) is 5.83. The Morgan fingerprint density at radius 1 is 1.50 bits per heavy atom. The van der Waals surface area contributed by atoms with Gasteiger partial charge in [0.15, 0.2) is 4.77 Å². The molecule has 1 aliphatic heterocycles. The van der Waals surface area contributed by atoms with Gasteiger partial charge in [-0.15, -0.1) is 0 Å². The van der Waals surface area contributed by atoms with Gasteiger partial charge in [0.25, 0.3) is 0 Å². The van der Waals surface area contributed by atoms with Crippen molar-refractivity contribution >= 4 is 12.2 Å². The maximum absolute atomic E-state index is 8.77. The van der Waals surface area contributed by atoms with Crippen molar-refractivity contribution in [2.75, 3.05) is 0 Å². The van der Waals surface area contributed by atoms with Gasteiger partial charge in [0.2, 0.25) is 0 Å². The molecule has 0 fully saturated rings. The quantitative estimate of drug-likeness (QED) is 0.617. The number of hydrogen-bond donors (Lipinski definition) is 1. The Morgan fingerprint density at radius 3 is 3.08 bits per heavy atom. The SMILES string of the molecule is N#Cc1[nH]c(=S)n2c1CCCC2. The van der Waals surface area contributed by atoms with Crippen LogP contribution in [0.4, 0.5) is 0 Å². The van der Waals surface area contributed by atoms with Gasteiger partial charge in [-0.3, -0.25) is 0 Å². The van der Waals surface area contributed by atoms with Crippen LogP contribution in [0.5, 0.6) is 0 Å². The van der Waals surface area contributed by atoms with E-state index in [9.17, 15) is 0 Å². The van der Waals surface area contributed by atoms with Crippen molar-refractivity contribution in [1.29, 1.82) is 5.26 Å². The maximum Gasteiger partial charge on any atom is 0.178 e. The largest absolute Gasteiger partial charge is 0.322 e. The normalized spacial score (nSPS) is 15.2. The molecule has 62 valence electrons. The van der Waals surface area contributed by atoms with E-state index in [1.54, 1.807) is 0 Å². The lowest BCUT2D eigenvalue weighted by atomic mass is 10.1.